The van der Waals surface area contributed by atoms with Gasteiger partial charge in [-0.1, -0.05) is 19.1 Å². The second kappa shape index (κ2) is 13.6. The first-order valence-electron chi connectivity index (χ1n) is 9.62. The van der Waals surface area contributed by atoms with Crippen LogP contribution in [0.2, 0.25) is 0 Å². The van der Waals surface area contributed by atoms with Crippen LogP contribution in [0, 0.1) is 0 Å². The third-order valence-electron chi connectivity index (χ3n) is 4.53. The fourth-order valence-corrected chi connectivity index (χ4v) is 3.04. The van der Waals surface area contributed by atoms with Crippen LogP contribution in [-0.4, -0.2) is 63.3 Å². The normalized spacial score (nSPS) is 16.5. The van der Waals surface area contributed by atoms with Gasteiger partial charge in [0.2, 0.25) is 5.91 Å². The van der Waals surface area contributed by atoms with Crippen molar-refractivity contribution in [1.29, 1.82) is 0 Å². The maximum absolute atomic E-state index is 11.8. The number of benzene rings is 1. The van der Waals surface area contributed by atoms with E-state index in [0.717, 1.165) is 43.2 Å². The standard InChI is InChI=1S/C20H32N4O3.HI/c1-4-19(25)24-10-9-17(15-24)23-20(21-2)22-14-16-7-5-8-18(13-16)27-12-6-11-26-3;/h5,7-8,13,17H,4,6,9-12,14-15H2,1-3H3,(H2,21,22,23);1H. The van der Waals surface area contributed by atoms with E-state index < -0.39 is 0 Å². The summed E-state index contributed by atoms with van der Waals surface area (Å²) in [6.07, 6.45) is 2.37. The van der Waals surface area contributed by atoms with Crippen molar-refractivity contribution in [3.63, 3.8) is 0 Å². The molecule has 0 aliphatic carbocycles. The quantitative estimate of drug-likeness (QED) is 0.234. The molecule has 1 aromatic carbocycles. The van der Waals surface area contributed by atoms with Crippen molar-refractivity contribution in [2.75, 3.05) is 40.5 Å². The van der Waals surface area contributed by atoms with Crippen molar-refractivity contribution in [3.8, 4) is 5.75 Å². The van der Waals surface area contributed by atoms with E-state index in [1.807, 2.05) is 30.0 Å². The van der Waals surface area contributed by atoms with E-state index in [9.17, 15) is 4.79 Å². The number of amides is 1. The average molecular weight is 504 g/mol. The zero-order valence-corrected chi connectivity index (χ0v) is 19.4. The monoisotopic (exact) mass is 504 g/mol. The molecule has 0 spiro atoms. The Labute approximate surface area is 185 Å². The van der Waals surface area contributed by atoms with Crippen LogP contribution in [0.1, 0.15) is 31.7 Å². The molecule has 2 N–H and O–H groups in total. The number of nitrogens with one attached hydrogen (secondary N) is 2. The van der Waals surface area contributed by atoms with Gasteiger partial charge in [0.15, 0.2) is 5.96 Å². The van der Waals surface area contributed by atoms with Crippen molar-refractivity contribution >= 4 is 35.8 Å². The molecule has 1 aromatic rings. The van der Waals surface area contributed by atoms with Gasteiger partial charge in [-0.05, 0) is 24.1 Å². The Bertz CT molecular complexity index is 627. The minimum atomic E-state index is 0. The molecule has 0 aromatic heterocycles. The number of hydrogen-bond acceptors (Lipinski definition) is 4. The van der Waals surface area contributed by atoms with Crippen molar-refractivity contribution in [1.82, 2.24) is 15.5 Å². The Balaban J connectivity index is 0.00000392. The molecule has 0 bridgehead atoms. The molecular formula is C20H33IN4O3. The molecule has 0 radical (unpaired) electrons. The predicted octanol–water partition coefficient (Wildman–Crippen LogP) is 2.40. The van der Waals surface area contributed by atoms with Gasteiger partial charge in [-0.15, -0.1) is 24.0 Å². The number of hydrogen-bond donors (Lipinski definition) is 2. The van der Waals surface area contributed by atoms with Crippen LogP contribution in [-0.2, 0) is 16.1 Å². The first-order chi connectivity index (χ1) is 13.2. The van der Waals surface area contributed by atoms with E-state index in [2.05, 4.69) is 21.7 Å². The highest BCUT2D eigenvalue weighted by Crippen LogP contribution is 2.14. The summed E-state index contributed by atoms with van der Waals surface area (Å²) in [7, 11) is 3.45. The molecule has 1 aliphatic heterocycles. The van der Waals surface area contributed by atoms with Gasteiger partial charge in [0, 0.05) is 59.3 Å². The maximum Gasteiger partial charge on any atom is 0.222 e. The lowest BCUT2D eigenvalue weighted by Gasteiger charge is -2.19. The number of halogens is 1. The third-order valence-corrected chi connectivity index (χ3v) is 4.53. The molecule has 7 nitrogen and oxygen atoms in total. The number of aliphatic imine (C=N–C) groups is 1. The Hall–Kier alpha value is -1.55. The summed E-state index contributed by atoms with van der Waals surface area (Å²) in [4.78, 5) is 18.0. The van der Waals surface area contributed by atoms with E-state index >= 15 is 0 Å². The molecule has 158 valence electrons. The van der Waals surface area contributed by atoms with E-state index in [1.54, 1.807) is 14.2 Å². The molecule has 0 saturated carbocycles. The fourth-order valence-electron chi connectivity index (χ4n) is 3.04. The summed E-state index contributed by atoms with van der Waals surface area (Å²) in [6, 6.07) is 8.27. The van der Waals surface area contributed by atoms with Crippen molar-refractivity contribution in [2.45, 2.75) is 38.8 Å². The smallest absolute Gasteiger partial charge is 0.222 e. The summed E-state index contributed by atoms with van der Waals surface area (Å²) in [6.45, 7) is 5.44. The number of carbonyl (C=O) groups is 1. The number of guanidine groups is 1. The highest BCUT2D eigenvalue weighted by atomic mass is 127. The molecule has 1 aliphatic rings. The lowest BCUT2D eigenvalue weighted by molar-refractivity contribution is -0.129. The number of nitrogens with zero attached hydrogens (tertiary/aromatic N) is 2. The van der Waals surface area contributed by atoms with E-state index in [0.29, 0.717) is 26.2 Å². The Morgan fingerprint density at radius 1 is 1.36 bits per heavy atom. The lowest BCUT2D eigenvalue weighted by Crippen LogP contribution is -2.44. The van der Waals surface area contributed by atoms with E-state index in [4.69, 9.17) is 9.47 Å². The molecule has 1 heterocycles. The molecule has 1 saturated heterocycles. The summed E-state index contributed by atoms with van der Waals surface area (Å²) in [5, 5.41) is 6.74. The van der Waals surface area contributed by atoms with Crippen molar-refractivity contribution < 1.29 is 14.3 Å². The lowest BCUT2D eigenvalue weighted by atomic mass is 10.2. The van der Waals surface area contributed by atoms with Crippen LogP contribution < -0.4 is 15.4 Å². The first-order valence-corrected chi connectivity index (χ1v) is 9.62. The second-order valence-electron chi connectivity index (χ2n) is 6.59. The number of carbonyl (C=O) groups excluding carboxylic acids is 1. The highest BCUT2D eigenvalue weighted by molar-refractivity contribution is 14.0. The average Bonchev–Trinajstić information content (AvgIpc) is 3.16. The number of methoxy groups -OCH3 is 1. The summed E-state index contributed by atoms with van der Waals surface area (Å²) < 4.78 is 10.8. The van der Waals surface area contributed by atoms with Crippen LogP contribution >= 0.6 is 24.0 Å². The van der Waals surface area contributed by atoms with Crippen LogP contribution in [0.3, 0.4) is 0 Å². The molecule has 1 fully saturated rings. The number of ether oxygens (including phenoxy) is 2. The van der Waals surface area contributed by atoms with E-state index in [-0.39, 0.29) is 35.9 Å². The molecule has 28 heavy (non-hydrogen) atoms. The Kier molecular flexibility index (Phi) is 11.9. The minimum absolute atomic E-state index is 0. The second-order valence-corrected chi connectivity index (χ2v) is 6.59. The van der Waals surface area contributed by atoms with Crippen LogP contribution in [0.5, 0.6) is 5.75 Å². The Morgan fingerprint density at radius 3 is 2.89 bits per heavy atom. The van der Waals surface area contributed by atoms with Crippen LogP contribution in [0.4, 0.5) is 0 Å². The first kappa shape index (κ1) is 24.5. The Morgan fingerprint density at radius 2 is 2.18 bits per heavy atom. The zero-order valence-electron chi connectivity index (χ0n) is 17.1. The van der Waals surface area contributed by atoms with E-state index in [1.165, 1.54) is 0 Å². The van der Waals surface area contributed by atoms with Gasteiger partial charge in [-0.25, -0.2) is 0 Å². The van der Waals surface area contributed by atoms with Crippen LogP contribution in [0.15, 0.2) is 29.3 Å². The predicted molar refractivity (Wildman–Crippen MR) is 122 cm³/mol. The van der Waals surface area contributed by atoms with Gasteiger partial charge in [0.25, 0.3) is 0 Å². The molecular weight excluding hydrogens is 471 g/mol. The van der Waals surface area contributed by atoms with Gasteiger partial charge in [0.1, 0.15) is 5.75 Å². The van der Waals surface area contributed by atoms with Crippen molar-refractivity contribution in [3.05, 3.63) is 29.8 Å². The summed E-state index contributed by atoms with van der Waals surface area (Å²) in [5.41, 5.74) is 1.12. The van der Waals surface area contributed by atoms with Crippen LogP contribution in [0.25, 0.3) is 0 Å². The fraction of sp³-hybridized carbons (Fsp3) is 0.600. The van der Waals surface area contributed by atoms with Gasteiger partial charge < -0.3 is 25.0 Å². The molecule has 2 rings (SSSR count). The highest BCUT2D eigenvalue weighted by Gasteiger charge is 2.25. The topological polar surface area (TPSA) is 75.2 Å². The van der Waals surface area contributed by atoms with Gasteiger partial charge >= 0.3 is 0 Å². The van der Waals surface area contributed by atoms with Gasteiger partial charge in [0.05, 0.1) is 6.61 Å². The molecule has 1 atom stereocenters. The SMILES string of the molecule is CCC(=O)N1CCC(NC(=NC)NCc2cccc(OCCCOC)c2)C1.I. The number of likely N-dealkylation sites (tertiary alicyclic amines) is 1. The largest absolute Gasteiger partial charge is 0.493 e. The minimum Gasteiger partial charge on any atom is -0.493 e. The third kappa shape index (κ3) is 8.22. The molecule has 1 amide bonds. The molecule has 8 heteroatoms. The summed E-state index contributed by atoms with van der Waals surface area (Å²) in [5.74, 6) is 1.82. The number of rotatable bonds is 9. The maximum atomic E-state index is 11.8. The molecule has 1 unspecified atom stereocenters. The van der Waals surface area contributed by atoms with Crippen molar-refractivity contribution in [2.24, 2.45) is 4.99 Å². The zero-order chi connectivity index (χ0) is 19.5. The van der Waals surface area contributed by atoms with Gasteiger partial charge in [-0.2, -0.15) is 0 Å². The summed E-state index contributed by atoms with van der Waals surface area (Å²) >= 11 is 0. The van der Waals surface area contributed by atoms with Gasteiger partial charge in [-0.3, -0.25) is 9.79 Å².